The number of nitrogens with zero attached hydrogens (tertiary/aromatic N) is 1. The highest BCUT2D eigenvalue weighted by atomic mass is 79.9. The zero-order valence-corrected chi connectivity index (χ0v) is 15.9. The molecule has 1 aliphatic rings. The van der Waals surface area contributed by atoms with Gasteiger partial charge in [0.1, 0.15) is 16.5 Å². The Morgan fingerprint density at radius 2 is 1.77 bits per heavy atom. The Kier molecular flexibility index (Phi) is 5.71. The number of esters is 1. The van der Waals surface area contributed by atoms with Gasteiger partial charge in [0.25, 0.3) is 0 Å². The van der Waals surface area contributed by atoms with Crippen LogP contribution in [0.2, 0.25) is 0 Å². The van der Waals surface area contributed by atoms with Crippen LogP contribution in [-0.4, -0.2) is 45.0 Å². The highest BCUT2D eigenvalue weighted by Gasteiger charge is 2.30. The maximum absolute atomic E-state index is 14.2. The van der Waals surface area contributed by atoms with Crippen molar-refractivity contribution in [2.24, 2.45) is 0 Å². The molecule has 0 amide bonds. The minimum atomic E-state index is -4.06. The van der Waals surface area contributed by atoms with E-state index in [-0.39, 0.29) is 31.9 Å². The fourth-order valence-corrected chi connectivity index (χ4v) is 4.19. The van der Waals surface area contributed by atoms with Crippen molar-refractivity contribution in [1.82, 2.24) is 4.31 Å². The van der Waals surface area contributed by atoms with Crippen molar-refractivity contribution in [3.05, 3.63) is 58.3 Å². The van der Waals surface area contributed by atoms with Crippen molar-refractivity contribution in [2.45, 2.75) is 4.90 Å². The first-order chi connectivity index (χ1) is 12.4. The topological polar surface area (TPSA) is 72.9 Å². The second kappa shape index (κ2) is 7.83. The summed E-state index contributed by atoms with van der Waals surface area (Å²) in [5.41, 5.74) is -0.0545. The van der Waals surface area contributed by atoms with Gasteiger partial charge < -0.3 is 9.47 Å². The molecule has 0 aliphatic carbocycles. The molecule has 1 fully saturated rings. The monoisotopic (exact) mass is 443 g/mol. The summed E-state index contributed by atoms with van der Waals surface area (Å²) < 4.78 is 51.7. The number of morpholine rings is 1. The average Bonchev–Trinajstić information content (AvgIpc) is 2.64. The lowest BCUT2D eigenvalue weighted by Gasteiger charge is -2.26. The quantitative estimate of drug-likeness (QED) is 0.536. The summed E-state index contributed by atoms with van der Waals surface area (Å²) in [7, 11) is -4.06. The maximum Gasteiger partial charge on any atom is 0.343 e. The summed E-state index contributed by atoms with van der Waals surface area (Å²) >= 11 is 3.27. The minimum absolute atomic E-state index is 0.0545. The third kappa shape index (κ3) is 4.12. The van der Waals surface area contributed by atoms with E-state index in [1.165, 1.54) is 6.07 Å². The molecule has 1 aliphatic heterocycles. The molecular formula is C17H15BrFNO5S. The van der Waals surface area contributed by atoms with E-state index in [1.807, 2.05) is 0 Å². The van der Waals surface area contributed by atoms with E-state index >= 15 is 0 Å². The first kappa shape index (κ1) is 19.0. The van der Waals surface area contributed by atoms with Gasteiger partial charge in [-0.25, -0.2) is 17.6 Å². The number of rotatable bonds is 4. The Hall–Kier alpha value is -1.81. The maximum atomic E-state index is 14.2. The summed E-state index contributed by atoms with van der Waals surface area (Å²) in [6, 6.07) is 9.69. The number of halogens is 2. The van der Waals surface area contributed by atoms with E-state index < -0.39 is 26.7 Å². The Morgan fingerprint density at radius 1 is 1.12 bits per heavy atom. The average molecular weight is 444 g/mol. The standard InChI is InChI=1S/C17H15BrFNO5S/c18-13-2-4-14(5-3-13)25-17(21)12-1-6-15(19)16(11-12)26(22,23)20-7-9-24-10-8-20/h1-6,11H,7-10H2. The molecule has 0 N–H and O–H groups in total. The van der Waals surface area contributed by atoms with Crippen LogP contribution in [0.1, 0.15) is 10.4 Å². The van der Waals surface area contributed by atoms with Crippen LogP contribution >= 0.6 is 15.9 Å². The molecule has 26 heavy (non-hydrogen) atoms. The largest absolute Gasteiger partial charge is 0.423 e. The predicted molar refractivity (Wildman–Crippen MR) is 95.1 cm³/mol. The molecule has 0 spiro atoms. The van der Waals surface area contributed by atoms with Crippen molar-refractivity contribution < 1.29 is 27.1 Å². The van der Waals surface area contributed by atoms with Gasteiger partial charge in [0, 0.05) is 17.6 Å². The smallest absolute Gasteiger partial charge is 0.343 e. The summed E-state index contributed by atoms with van der Waals surface area (Å²) in [5.74, 6) is -1.40. The molecule has 138 valence electrons. The Balaban J connectivity index is 1.87. The fraction of sp³-hybridized carbons (Fsp3) is 0.235. The van der Waals surface area contributed by atoms with E-state index in [2.05, 4.69) is 15.9 Å². The van der Waals surface area contributed by atoms with Crippen molar-refractivity contribution in [2.75, 3.05) is 26.3 Å². The van der Waals surface area contributed by atoms with E-state index in [0.717, 1.165) is 20.9 Å². The van der Waals surface area contributed by atoms with Gasteiger partial charge in [0.05, 0.1) is 18.8 Å². The number of hydrogen-bond donors (Lipinski definition) is 0. The molecule has 2 aromatic rings. The Bertz CT molecular complexity index is 911. The van der Waals surface area contributed by atoms with Gasteiger partial charge in [-0.05, 0) is 42.5 Å². The second-order valence-corrected chi connectivity index (χ2v) is 8.33. The van der Waals surface area contributed by atoms with Gasteiger partial charge >= 0.3 is 5.97 Å². The lowest BCUT2D eigenvalue weighted by atomic mass is 10.2. The lowest BCUT2D eigenvalue weighted by molar-refractivity contribution is 0.0726. The van der Waals surface area contributed by atoms with Crippen LogP contribution in [0.4, 0.5) is 4.39 Å². The minimum Gasteiger partial charge on any atom is -0.423 e. The zero-order valence-electron chi connectivity index (χ0n) is 13.5. The van der Waals surface area contributed by atoms with E-state index in [9.17, 15) is 17.6 Å². The third-order valence-corrected chi connectivity index (χ3v) is 6.22. The first-order valence-electron chi connectivity index (χ1n) is 7.73. The Labute approximate surface area is 158 Å². The van der Waals surface area contributed by atoms with Crippen molar-refractivity contribution in [3.8, 4) is 5.75 Å². The van der Waals surface area contributed by atoms with Crippen LogP contribution in [0, 0.1) is 5.82 Å². The molecule has 2 aromatic carbocycles. The molecule has 1 heterocycles. The number of benzene rings is 2. The normalized spacial score (nSPS) is 15.6. The number of hydrogen-bond acceptors (Lipinski definition) is 5. The first-order valence-corrected chi connectivity index (χ1v) is 9.96. The third-order valence-electron chi connectivity index (χ3n) is 3.78. The molecule has 9 heteroatoms. The van der Waals surface area contributed by atoms with Gasteiger partial charge in [-0.1, -0.05) is 15.9 Å². The van der Waals surface area contributed by atoms with E-state index in [0.29, 0.717) is 5.75 Å². The Morgan fingerprint density at radius 3 is 2.42 bits per heavy atom. The molecule has 0 saturated carbocycles. The van der Waals surface area contributed by atoms with Crippen LogP contribution in [0.3, 0.4) is 0 Å². The molecule has 1 saturated heterocycles. The van der Waals surface area contributed by atoms with Crippen LogP contribution < -0.4 is 4.74 Å². The summed E-state index contributed by atoms with van der Waals surface area (Å²) in [4.78, 5) is 11.7. The number of carbonyl (C=O) groups is 1. The molecule has 3 rings (SSSR count). The summed E-state index contributed by atoms with van der Waals surface area (Å²) in [6.45, 7) is 0.753. The van der Waals surface area contributed by atoms with Crippen LogP contribution in [-0.2, 0) is 14.8 Å². The highest BCUT2D eigenvalue weighted by molar-refractivity contribution is 9.10. The van der Waals surface area contributed by atoms with Gasteiger partial charge in [-0.3, -0.25) is 0 Å². The second-order valence-electron chi connectivity index (χ2n) is 5.51. The van der Waals surface area contributed by atoms with Crippen LogP contribution in [0.25, 0.3) is 0 Å². The molecular weight excluding hydrogens is 429 g/mol. The number of sulfonamides is 1. The van der Waals surface area contributed by atoms with Crippen molar-refractivity contribution >= 4 is 31.9 Å². The summed E-state index contributed by atoms with van der Waals surface area (Å²) in [5, 5.41) is 0. The predicted octanol–water partition coefficient (Wildman–Crippen LogP) is 2.83. The van der Waals surface area contributed by atoms with Gasteiger partial charge in [-0.15, -0.1) is 0 Å². The van der Waals surface area contributed by atoms with Crippen molar-refractivity contribution in [3.63, 3.8) is 0 Å². The fourth-order valence-electron chi connectivity index (χ4n) is 2.42. The molecule has 0 atom stereocenters. The molecule has 0 bridgehead atoms. The number of carbonyl (C=O) groups excluding carboxylic acids is 1. The summed E-state index contributed by atoms with van der Waals surface area (Å²) in [6.07, 6.45) is 0. The molecule has 0 unspecified atom stereocenters. The van der Waals surface area contributed by atoms with Crippen molar-refractivity contribution in [1.29, 1.82) is 0 Å². The highest BCUT2D eigenvalue weighted by Crippen LogP contribution is 2.23. The van der Waals surface area contributed by atoms with Crippen LogP contribution in [0.5, 0.6) is 5.75 Å². The van der Waals surface area contributed by atoms with E-state index in [1.54, 1.807) is 24.3 Å². The van der Waals surface area contributed by atoms with Gasteiger partial charge in [0.15, 0.2) is 0 Å². The van der Waals surface area contributed by atoms with Gasteiger partial charge in [-0.2, -0.15) is 4.31 Å². The number of ether oxygens (including phenoxy) is 2. The van der Waals surface area contributed by atoms with E-state index in [4.69, 9.17) is 9.47 Å². The van der Waals surface area contributed by atoms with Gasteiger partial charge in [0.2, 0.25) is 10.0 Å². The van der Waals surface area contributed by atoms with Crippen LogP contribution in [0.15, 0.2) is 51.8 Å². The zero-order chi connectivity index (χ0) is 18.7. The SMILES string of the molecule is O=C(Oc1ccc(Br)cc1)c1ccc(F)c(S(=O)(=O)N2CCOCC2)c1. The molecule has 0 aromatic heterocycles. The molecule has 6 nitrogen and oxygen atoms in total. The lowest BCUT2D eigenvalue weighted by Crippen LogP contribution is -2.41. The molecule has 0 radical (unpaired) electrons.